The second-order valence-corrected chi connectivity index (χ2v) is 8.13. The maximum Gasteiger partial charge on any atom is 0.289 e. The molecule has 1 aliphatic heterocycles. The minimum atomic E-state index is -0.210. The molecule has 0 atom stereocenters. The van der Waals surface area contributed by atoms with Gasteiger partial charge in [-0.2, -0.15) is 9.61 Å². The SMILES string of the molecule is Cc1ccc(-c2nn3c(=O)cc(N4CCN(C(=O)c5ccco5)CC4)nc3s2)cc1. The molecule has 4 heterocycles. The first-order valence-corrected chi connectivity index (χ1v) is 10.5. The zero-order valence-electron chi connectivity index (χ0n) is 16.3. The second-order valence-electron chi connectivity index (χ2n) is 7.18. The first-order chi connectivity index (χ1) is 14.6. The Hall–Kier alpha value is -3.46. The number of nitrogens with zero attached hydrogens (tertiary/aromatic N) is 5. The van der Waals surface area contributed by atoms with Crippen LogP contribution in [-0.4, -0.2) is 51.6 Å². The number of amides is 1. The van der Waals surface area contributed by atoms with Gasteiger partial charge in [-0.25, -0.2) is 4.98 Å². The maximum atomic E-state index is 12.6. The van der Waals surface area contributed by atoms with E-state index in [0.29, 0.717) is 42.7 Å². The molecule has 0 bridgehead atoms. The summed E-state index contributed by atoms with van der Waals surface area (Å²) in [6.07, 6.45) is 1.50. The van der Waals surface area contributed by atoms with Crippen molar-refractivity contribution in [3.8, 4) is 10.6 Å². The number of aromatic nitrogens is 3. The molecule has 1 saturated heterocycles. The summed E-state index contributed by atoms with van der Waals surface area (Å²) in [6.45, 7) is 4.30. The van der Waals surface area contributed by atoms with Crippen LogP contribution in [0.1, 0.15) is 16.1 Å². The topological polar surface area (TPSA) is 84.0 Å². The van der Waals surface area contributed by atoms with E-state index in [4.69, 9.17) is 4.42 Å². The first kappa shape index (κ1) is 18.6. The summed E-state index contributed by atoms with van der Waals surface area (Å²) < 4.78 is 6.55. The van der Waals surface area contributed by atoms with E-state index >= 15 is 0 Å². The summed E-state index contributed by atoms with van der Waals surface area (Å²) >= 11 is 1.39. The highest BCUT2D eigenvalue weighted by Gasteiger charge is 2.25. The number of benzene rings is 1. The van der Waals surface area contributed by atoms with Crippen LogP contribution in [0.2, 0.25) is 0 Å². The molecule has 9 heteroatoms. The molecule has 30 heavy (non-hydrogen) atoms. The van der Waals surface area contributed by atoms with Crippen LogP contribution in [0.4, 0.5) is 5.82 Å². The molecule has 1 fully saturated rings. The van der Waals surface area contributed by atoms with Crippen molar-refractivity contribution in [2.75, 3.05) is 31.1 Å². The summed E-state index contributed by atoms with van der Waals surface area (Å²) in [5, 5.41) is 5.20. The highest BCUT2D eigenvalue weighted by molar-refractivity contribution is 7.19. The normalized spacial score (nSPS) is 14.4. The molecule has 5 rings (SSSR count). The van der Waals surface area contributed by atoms with Crippen LogP contribution in [0.25, 0.3) is 15.5 Å². The van der Waals surface area contributed by atoms with E-state index in [9.17, 15) is 9.59 Å². The number of carbonyl (C=O) groups excluding carboxylic acids is 1. The van der Waals surface area contributed by atoms with Crippen molar-refractivity contribution in [1.82, 2.24) is 19.5 Å². The fourth-order valence-corrected chi connectivity index (χ4v) is 4.37. The molecule has 3 aromatic heterocycles. The number of rotatable bonds is 3. The lowest BCUT2D eigenvalue weighted by Crippen LogP contribution is -2.49. The van der Waals surface area contributed by atoms with Crippen molar-refractivity contribution in [3.05, 3.63) is 70.4 Å². The van der Waals surface area contributed by atoms with Gasteiger partial charge in [0.05, 0.1) is 6.26 Å². The third-order valence-corrected chi connectivity index (χ3v) is 6.11. The molecule has 0 radical (unpaired) electrons. The molecule has 0 spiro atoms. The van der Waals surface area contributed by atoms with Gasteiger partial charge in [-0.3, -0.25) is 9.59 Å². The van der Waals surface area contributed by atoms with Crippen molar-refractivity contribution in [3.63, 3.8) is 0 Å². The number of piperazine rings is 1. The van der Waals surface area contributed by atoms with Crippen molar-refractivity contribution in [2.24, 2.45) is 0 Å². The Morgan fingerprint density at radius 2 is 1.87 bits per heavy atom. The van der Waals surface area contributed by atoms with Crippen LogP contribution in [0.5, 0.6) is 0 Å². The molecule has 0 unspecified atom stereocenters. The van der Waals surface area contributed by atoms with Gasteiger partial charge >= 0.3 is 0 Å². The number of furan rings is 1. The standard InChI is InChI=1S/C21H19N5O3S/c1-14-4-6-15(7-5-14)19-23-26-18(27)13-17(22-21(26)30-19)24-8-10-25(11-9-24)20(28)16-3-2-12-29-16/h2-7,12-13H,8-11H2,1H3. The number of hydrogen-bond donors (Lipinski definition) is 0. The lowest BCUT2D eigenvalue weighted by atomic mass is 10.2. The second kappa shape index (κ2) is 7.42. The molecule has 8 nitrogen and oxygen atoms in total. The Kier molecular flexibility index (Phi) is 4.59. The first-order valence-electron chi connectivity index (χ1n) is 9.64. The van der Waals surface area contributed by atoms with Gasteiger partial charge in [0.1, 0.15) is 10.8 Å². The van der Waals surface area contributed by atoms with Crippen LogP contribution >= 0.6 is 11.3 Å². The summed E-state index contributed by atoms with van der Waals surface area (Å²) in [5.74, 6) is 0.840. The fourth-order valence-electron chi connectivity index (χ4n) is 3.47. The van der Waals surface area contributed by atoms with Crippen LogP contribution < -0.4 is 10.5 Å². The van der Waals surface area contributed by atoms with Crippen molar-refractivity contribution in [2.45, 2.75) is 6.92 Å². The van der Waals surface area contributed by atoms with Gasteiger partial charge in [0.25, 0.3) is 11.5 Å². The van der Waals surface area contributed by atoms with E-state index in [2.05, 4.69) is 10.1 Å². The summed E-state index contributed by atoms with van der Waals surface area (Å²) in [7, 11) is 0. The Labute approximate surface area is 176 Å². The highest BCUT2D eigenvalue weighted by Crippen LogP contribution is 2.25. The lowest BCUT2D eigenvalue weighted by molar-refractivity contribution is 0.0714. The molecule has 0 N–H and O–H groups in total. The molecule has 1 aliphatic rings. The zero-order valence-corrected chi connectivity index (χ0v) is 17.1. The van der Waals surface area contributed by atoms with Gasteiger partial charge in [-0.1, -0.05) is 41.2 Å². The van der Waals surface area contributed by atoms with E-state index in [1.165, 1.54) is 33.7 Å². The average Bonchev–Trinajstić information content (AvgIpc) is 3.44. The van der Waals surface area contributed by atoms with Gasteiger partial charge in [-0.15, -0.1) is 0 Å². The van der Waals surface area contributed by atoms with E-state index in [0.717, 1.165) is 10.6 Å². The lowest BCUT2D eigenvalue weighted by Gasteiger charge is -2.34. The van der Waals surface area contributed by atoms with Gasteiger partial charge in [0, 0.05) is 37.8 Å². The molecule has 152 valence electrons. The number of hydrogen-bond acceptors (Lipinski definition) is 7. The predicted molar refractivity (Wildman–Crippen MR) is 114 cm³/mol. The zero-order chi connectivity index (χ0) is 20.7. The number of anilines is 1. The monoisotopic (exact) mass is 421 g/mol. The van der Waals surface area contributed by atoms with Crippen LogP contribution in [0.15, 0.2) is 57.9 Å². The summed E-state index contributed by atoms with van der Waals surface area (Å²) in [5.41, 5.74) is 1.92. The Bertz CT molecular complexity index is 1250. The van der Waals surface area contributed by atoms with E-state index in [1.807, 2.05) is 36.1 Å². The van der Waals surface area contributed by atoms with Gasteiger partial charge in [0.2, 0.25) is 4.96 Å². The van der Waals surface area contributed by atoms with E-state index in [-0.39, 0.29) is 11.5 Å². The Balaban J connectivity index is 1.37. The largest absolute Gasteiger partial charge is 0.459 e. The van der Waals surface area contributed by atoms with Crippen molar-refractivity contribution in [1.29, 1.82) is 0 Å². The minimum absolute atomic E-state index is 0.117. The third kappa shape index (κ3) is 3.37. The minimum Gasteiger partial charge on any atom is -0.459 e. The Morgan fingerprint density at radius 3 is 2.57 bits per heavy atom. The van der Waals surface area contributed by atoms with Crippen LogP contribution in [0.3, 0.4) is 0 Å². The number of aryl methyl sites for hydroxylation is 1. The molecule has 0 saturated carbocycles. The molecule has 1 aromatic carbocycles. The predicted octanol–water partition coefficient (Wildman–Crippen LogP) is 2.68. The smallest absolute Gasteiger partial charge is 0.289 e. The molecule has 1 amide bonds. The van der Waals surface area contributed by atoms with Gasteiger partial charge in [-0.05, 0) is 19.1 Å². The van der Waals surface area contributed by atoms with E-state index < -0.39 is 0 Å². The van der Waals surface area contributed by atoms with Gasteiger partial charge in [0.15, 0.2) is 5.76 Å². The third-order valence-electron chi connectivity index (χ3n) is 5.15. The number of fused-ring (bicyclic) bond motifs is 1. The quantitative estimate of drug-likeness (QED) is 0.506. The Morgan fingerprint density at radius 1 is 1.10 bits per heavy atom. The molecular formula is C21H19N5O3S. The fraction of sp³-hybridized carbons (Fsp3) is 0.238. The maximum absolute atomic E-state index is 12.6. The van der Waals surface area contributed by atoms with E-state index in [1.54, 1.807) is 17.0 Å². The van der Waals surface area contributed by atoms with Crippen LogP contribution in [-0.2, 0) is 0 Å². The molecule has 4 aromatic rings. The highest BCUT2D eigenvalue weighted by atomic mass is 32.1. The van der Waals surface area contributed by atoms with Crippen molar-refractivity contribution >= 4 is 28.0 Å². The number of carbonyl (C=O) groups is 1. The summed E-state index contributed by atoms with van der Waals surface area (Å²) in [4.78, 5) is 34.1. The molecular weight excluding hydrogens is 402 g/mol. The van der Waals surface area contributed by atoms with Crippen LogP contribution in [0, 0.1) is 6.92 Å². The molecule has 0 aliphatic carbocycles. The van der Waals surface area contributed by atoms with Gasteiger partial charge < -0.3 is 14.2 Å². The summed E-state index contributed by atoms with van der Waals surface area (Å²) in [6, 6.07) is 12.9. The van der Waals surface area contributed by atoms with Crippen molar-refractivity contribution < 1.29 is 9.21 Å². The average molecular weight is 421 g/mol.